The van der Waals surface area contributed by atoms with E-state index in [0.717, 1.165) is 5.75 Å². The number of nitrogens with one attached hydrogen (secondary N) is 1. The van der Waals surface area contributed by atoms with Crippen LogP contribution in [0, 0.1) is 17.0 Å². The molecule has 0 aliphatic heterocycles. The Morgan fingerprint density at radius 2 is 1.84 bits per heavy atom. The van der Waals surface area contributed by atoms with Crippen LogP contribution < -0.4 is 14.8 Å². The standard InChI is InChI=1S/C18H20N2O5/c1-4-24-15-7-9-16(10-8-15)25-13(3)18(21)19-14-6-5-12(2)17(11-14)20(22)23/h5-11,13H,4H2,1-3H3,(H,19,21). The van der Waals surface area contributed by atoms with Gasteiger partial charge in [0, 0.05) is 17.3 Å². The molecule has 0 heterocycles. The van der Waals surface area contributed by atoms with Crippen LogP contribution in [0.3, 0.4) is 0 Å². The van der Waals surface area contributed by atoms with Crippen molar-refractivity contribution in [2.24, 2.45) is 0 Å². The lowest BCUT2D eigenvalue weighted by Gasteiger charge is -2.15. The molecule has 2 rings (SSSR count). The smallest absolute Gasteiger partial charge is 0.274 e. The van der Waals surface area contributed by atoms with Gasteiger partial charge in [-0.1, -0.05) is 6.07 Å². The lowest BCUT2D eigenvalue weighted by atomic mass is 10.2. The number of hydrogen-bond donors (Lipinski definition) is 1. The third-order valence-electron chi connectivity index (χ3n) is 3.49. The molecule has 132 valence electrons. The van der Waals surface area contributed by atoms with E-state index in [0.29, 0.717) is 23.6 Å². The van der Waals surface area contributed by atoms with Crippen LogP contribution in [-0.2, 0) is 4.79 Å². The summed E-state index contributed by atoms with van der Waals surface area (Å²) in [7, 11) is 0. The Kier molecular flexibility index (Phi) is 5.94. The number of rotatable bonds is 7. The number of nitro groups is 1. The van der Waals surface area contributed by atoms with Crippen molar-refractivity contribution in [3.05, 3.63) is 58.1 Å². The first-order chi connectivity index (χ1) is 11.9. The van der Waals surface area contributed by atoms with Gasteiger partial charge in [0.25, 0.3) is 11.6 Å². The SMILES string of the molecule is CCOc1ccc(OC(C)C(=O)Nc2ccc(C)c([N+](=O)[O-])c2)cc1. The van der Waals surface area contributed by atoms with Crippen LogP contribution in [0.4, 0.5) is 11.4 Å². The zero-order chi connectivity index (χ0) is 18.4. The summed E-state index contributed by atoms with van der Waals surface area (Å²) in [5, 5.41) is 13.6. The van der Waals surface area contributed by atoms with E-state index in [9.17, 15) is 14.9 Å². The second-order valence-corrected chi connectivity index (χ2v) is 5.41. The summed E-state index contributed by atoms with van der Waals surface area (Å²) < 4.78 is 10.9. The highest BCUT2D eigenvalue weighted by atomic mass is 16.6. The molecule has 0 radical (unpaired) electrons. The fraction of sp³-hybridized carbons (Fsp3) is 0.278. The number of benzene rings is 2. The maximum absolute atomic E-state index is 12.2. The first kappa shape index (κ1) is 18.3. The highest BCUT2D eigenvalue weighted by Crippen LogP contribution is 2.23. The fourth-order valence-corrected chi connectivity index (χ4v) is 2.17. The summed E-state index contributed by atoms with van der Waals surface area (Å²) in [5.74, 6) is 0.854. The number of ether oxygens (including phenoxy) is 2. The zero-order valence-corrected chi connectivity index (χ0v) is 14.3. The van der Waals surface area contributed by atoms with Gasteiger partial charge in [0.15, 0.2) is 6.10 Å². The van der Waals surface area contributed by atoms with Crippen LogP contribution in [-0.4, -0.2) is 23.5 Å². The summed E-state index contributed by atoms with van der Waals surface area (Å²) in [6.45, 7) is 5.71. The molecular formula is C18H20N2O5. The van der Waals surface area contributed by atoms with Gasteiger partial charge >= 0.3 is 0 Å². The average molecular weight is 344 g/mol. The van der Waals surface area contributed by atoms with Crippen molar-refractivity contribution in [2.45, 2.75) is 26.9 Å². The summed E-state index contributed by atoms with van der Waals surface area (Å²) in [5.41, 5.74) is 0.837. The van der Waals surface area contributed by atoms with Crippen LogP contribution >= 0.6 is 0 Å². The Bertz CT molecular complexity index is 759. The minimum absolute atomic E-state index is 0.0436. The van der Waals surface area contributed by atoms with Crippen molar-refractivity contribution in [3.8, 4) is 11.5 Å². The van der Waals surface area contributed by atoms with Crippen molar-refractivity contribution < 1.29 is 19.2 Å². The minimum Gasteiger partial charge on any atom is -0.494 e. The molecule has 1 atom stereocenters. The Morgan fingerprint density at radius 3 is 2.44 bits per heavy atom. The van der Waals surface area contributed by atoms with E-state index in [4.69, 9.17) is 9.47 Å². The van der Waals surface area contributed by atoms with Gasteiger partial charge < -0.3 is 14.8 Å². The Balaban J connectivity index is 2.00. The molecule has 2 aromatic carbocycles. The molecule has 0 fully saturated rings. The molecule has 2 aromatic rings. The zero-order valence-electron chi connectivity index (χ0n) is 14.3. The fourth-order valence-electron chi connectivity index (χ4n) is 2.17. The van der Waals surface area contributed by atoms with Gasteiger partial charge in [-0.2, -0.15) is 0 Å². The number of carbonyl (C=O) groups excluding carboxylic acids is 1. The number of amides is 1. The molecule has 1 unspecified atom stereocenters. The summed E-state index contributed by atoms with van der Waals surface area (Å²) in [4.78, 5) is 22.7. The lowest BCUT2D eigenvalue weighted by Crippen LogP contribution is -2.30. The van der Waals surface area contributed by atoms with Crippen molar-refractivity contribution in [1.29, 1.82) is 0 Å². The Hall–Kier alpha value is -3.09. The summed E-state index contributed by atoms with van der Waals surface area (Å²) >= 11 is 0. The first-order valence-electron chi connectivity index (χ1n) is 7.86. The van der Waals surface area contributed by atoms with E-state index < -0.39 is 16.9 Å². The Labute approximate surface area is 145 Å². The van der Waals surface area contributed by atoms with Gasteiger partial charge in [-0.25, -0.2) is 0 Å². The predicted molar refractivity (Wildman–Crippen MR) is 94.2 cm³/mol. The van der Waals surface area contributed by atoms with Crippen LogP contribution in [0.15, 0.2) is 42.5 Å². The topological polar surface area (TPSA) is 90.7 Å². The van der Waals surface area contributed by atoms with E-state index in [1.165, 1.54) is 6.07 Å². The van der Waals surface area contributed by atoms with Crippen molar-refractivity contribution in [2.75, 3.05) is 11.9 Å². The van der Waals surface area contributed by atoms with Gasteiger partial charge in [0.1, 0.15) is 11.5 Å². The molecule has 7 nitrogen and oxygen atoms in total. The summed E-state index contributed by atoms with van der Waals surface area (Å²) in [6, 6.07) is 11.5. The largest absolute Gasteiger partial charge is 0.494 e. The van der Waals surface area contributed by atoms with Crippen molar-refractivity contribution in [1.82, 2.24) is 0 Å². The molecule has 0 aromatic heterocycles. The molecule has 0 saturated carbocycles. The molecule has 0 aliphatic carbocycles. The van der Waals surface area contributed by atoms with Gasteiger partial charge in [-0.15, -0.1) is 0 Å². The van der Waals surface area contributed by atoms with Crippen LogP contribution in [0.25, 0.3) is 0 Å². The molecule has 0 bridgehead atoms. The Morgan fingerprint density at radius 1 is 1.20 bits per heavy atom. The highest BCUT2D eigenvalue weighted by molar-refractivity contribution is 5.94. The van der Waals surface area contributed by atoms with Crippen molar-refractivity contribution in [3.63, 3.8) is 0 Å². The van der Waals surface area contributed by atoms with Gasteiger partial charge in [0.2, 0.25) is 0 Å². The number of aryl methyl sites for hydroxylation is 1. The van der Waals surface area contributed by atoms with Crippen LogP contribution in [0.2, 0.25) is 0 Å². The molecule has 0 spiro atoms. The number of hydrogen-bond acceptors (Lipinski definition) is 5. The molecular weight excluding hydrogens is 324 g/mol. The van der Waals surface area contributed by atoms with Crippen LogP contribution in [0.5, 0.6) is 11.5 Å². The van der Waals surface area contributed by atoms with E-state index >= 15 is 0 Å². The maximum atomic E-state index is 12.2. The third kappa shape index (κ3) is 4.94. The van der Waals surface area contributed by atoms with Gasteiger partial charge in [-0.3, -0.25) is 14.9 Å². The highest BCUT2D eigenvalue weighted by Gasteiger charge is 2.17. The molecule has 0 aliphatic rings. The third-order valence-corrected chi connectivity index (χ3v) is 3.49. The van der Waals surface area contributed by atoms with Gasteiger partial charge in [0.05, 0.1) is 11.5 Å². The monoisotopic (exact) mass is 344 g/mol. The second-order valence-electron chi connectivity index (χ2n) is 5.41. The molecule has 7 heteroatoms. The quantitative estimate of drug-likeness (QED) is 0.611. The molecule has 1 amide bonds. The molecule has 1 N–H and O–H groups in total. The molecule has 25 heavy (non-hydrogen) atoms. The number of anilines is 1. The van der Waals surface area contributed by atoms with Crippen molar-refractivity contribution >= 4 is 17.3 Å². The lowest BCUT2D eigenvalue weighted by molar-refractivity contribution is -0.385. The van der Waals surface area contributed by atoms with E-state index in [2.05, 4.69) is 5.32 Å². The predicted octanol–water partition coefficient (Wildman–Crippen LogP) is 3.71. The average Bonchev–Trinajstić information content (AvgIpc) is 2.58. The van der Waals surface area contributed by atoms with E-state index in [1.54, 1.807) is 50.2 Å². The van der Waals surface area contributed by atoms with Gasteiger partial charge in [-0.05, 0) is 51.1 Å². The number of nitrogens with zero attached hydrogens (tertiary/aromatic N) is 1. The number of nitro benzene ring substituents is 1. The minimum atomic E-state index is -0.765. The molecule has 0 saturated heterocycles. The summed E-state index contributed by atoms with van der Waals surface area (Å²) in [6.07, 6.45) is -0.765. The first-order valence-corrected chi connectivity index (χ1v) is 7.86. The maximum Gasteiger partial charge on any atom is 0.274 e. The van der Waals surface area contributed by atoms with Crippen LogP contribution in [0.1, 0.15) is 19.4 Å². The van der Waals surface area contributed by atoms with E-state index in [-0.39, 0.29) is 5.69 Å². The van der Waals surface area contributed by atoms with E-state index in [1.807, 2.05) is 6.92 Å². The second kappa shape index (κ2) is 8.14. The normalized spacial score (nSPS) is 11.5. The number of carbonyl (C=O) groups is 1.